The summed E-state index contributed by atoms with van der Waals surface area (Å²) in [6.45, 7) is 29.6. The zero-order valence-electron chi connectivity index (χ0n) is 32.6. The third-order valence-electron chi connectivity index (χ3n) is 11.8. The van der Waals surface area contributed by atoms with E-state index in [9.17, 15) is 13.5 Å². The van der Waals surface area contributed by atoms with Gasteiger partial charge < -0.3 is 28.2 Å². The van der Waals surface area contributed by atoms with Crippen molar-refractivity contribution < 1.29 is 36.6 Å². The molecule has 1 N–H and O–H groups in total. The molecule has 6 unspecified atom stereocenters. The van der Waals surface area contributed by atoms with Gasteiger partial charge >= 0.3 is 0 Å². The predicted octanol–water partition coefficient (Wildman–Crippen LogP) is 8.17. The van der Waals surface area contributed by atoms with E-state index in [1.54, 1.807) is 31.4 Å². The first-order chi connectivity index (χ1) is 22.5. The van der Waals surface area contributed by atoms with Gasteiger partial charge in [-0.25, -0.2) is 8.42 Å². The van der Waals surface area contributed by atoms with E-state index in [0.29, 0.717) is 30.8 Å². The van der Waals surface area contributed by atoms with Crippen LogP contribution in [0.4, 0.5) is 0 Å². The maximum Gasteiger partial charge on any atom is 0.192 e. The molecule has 2 heterocycles. The number of hydrogen-bond donors (Lipinski definition) is 1. The van der Waals surface area contributed by atoms with Gasteiger partial charge in [-0.1, -0.05) is 73.2 Å². The first kappa shape index (κ1) is 42.5. The highest BCUT2D eigenvalue weighted by molar-refractivity contribution is 7.91. The molecule has 3 rings (SSSR count). The minimum Gasteiger partial charge on any atom is -0.414 e. The van der Waals surface area contributed by atoms with E-state index in [4.69, 9.17) is 23.1 Å². The van der Waals surface area contributed by atoms with Crippen LogP contribution in [0.25, 0.3) is 0 Å². The molecule has 8 atom stereocenters. The Hall–Kier alpha value is -0.896. The van der Waals surface area contributed by atoms with Gasteiger partial charge in [0.2, 0.25) is 0 Å². The number of ether oxygens (including phenoxy) is 3. The lowest BCUT2D eigenvalue weighted by Crippen LogP contribution is -2.49. The number of aliphatic hydroxyl groups excluding tert-OH is 1. The zero-order chi connectivity index (χ0) is 37.0. The van der Waals surface area contributed by atoms with Crippen LogP contribution in [-0.2, 0) is 32.9 Å². The first-order valence-electron chi connectivity index (χ1n) is 18.3. The second kappa shape index (κ2) is 16.8. The molecule has 1 aromatic rings. The summed E-state index contributed by atoms with van der Waals surface area (Å²) in [5.41, 5.74) is 1.01. The lowest BCUT2D eigenvalue weighted by molar-refractivity contribution is -0.0760. The zero-order valence-corrected chi connectivity index (χ0v) is 35.4. The summed E-state index contributed by atoms with van der Waals surface area (Å²) in [5, 5.41) is 9.51. The fraction of sp³-hybridized carbons (Fsp3) is 0.789. The molecule has 0 amide bonds. The van der Waals surface area contributed by atoms with Crippen LogP contribution < -0.4 is 0 Å². The molecule has 8 nitrogen and oxygen atoms in total. The highest BCUT2D eigenvalue weighted by Crippen LogP contribution is 2.43. The fourth-order valence-corrected chi connectivity index (χ4v) is 10.6. The summed E-state index contributed by atoms with van der Waals surface area (Å²) >= 11 is 0. The summed E-state index contributed by atoms with van der Waals surface area (Å²) in [5.74, 6) is -0.285. The molecule has 0 spiro atoms. The van der Waals surface area contributed by atoms with E-state index in [-0.39, 0.29) is 46.7 Å². The van der Waals surface area contributed by atoms with Crippen LogP contribution >= 0.6 is 0 Å². The lowest BCUT2D eigenvalue weighted by Gasteiger charge is -2.42. The fourth-order valence-electron chi connectivity index (χ4n) is 6.50. The Labute approximate surface area is 300 Å². The molecule has 2 fully saturated rings. The maximum atomic E-state index is 13.9. The minimum absolute atomic E-state index is 0.00378. The summed E-state index contributed by atoms with van der Waals surface area (Å²) in [7, 11) is -6.28. The van der Waals surface area contributed by atoms with E-state index >= 15 is 0 Å². The second-order valence-corrected chi connectivity index (χ2v) is 29.1. The quantitative estimate of drug-likeness (QED) is 0.134. The topological polar surface area (TPSA) is 101 Å². The summed E-state index contributed by atoms with van der Waals surface area (Å²) in [4.78, 5) is 0.296. The third-order valence-corrected chi connectivity index (χ3v) is 22.6. The van der Waals surface area contributed by atoms with Gasteiger partial charge in [0.1, 0.15) is 0 Å². The Morgan fingerprint density at radius 2 is 1.59 bits per heavy atom. The van der Waals surface area contributed by atoms with Gasteiger partial charge in [0.25, 0.3) is 0 Å². The van der Waals surface area contributed by atoms with Gasteiger partial charge in [0, 0.05) is 32.5 Å². The van der Waals surface area contributed by atoms with Gasteiger partial charge in [0.05, 0.1) is 53.9 Å². The van der Waals surface area contributed by atoms with Crippen LogP contribution in [0.15, 0.2) is 47.4 Å². The number of benzene rings is 1. The van der Waals surface area contributed by atoms with Crippen molar-refractivity contribution in [2.45, 2.75) is 158 Å². The van der Waals surface area contributed by atoms with Gasteiger partial charge in [0.15, 0.2) is 26.5 Å². The average molecular weight is 741 g/mol. The van der Waals surface area contributed by atoms with Crippen molar-refractivity contribution in [2.24, 2.45) is 11.8 Å². The minimum atomic E-state index is -3.65. The van der Waals surface area contributed by atoms with Gasteiger partial charge in [-0.3, -0.25) is 0 Å². The van der Waals surface area contributed by atoms with Gasteiger partial charge in [-0.15, -0.1) is 0 Å². The molecule has 2 aliphatic heterocycles. The number of methoxy groups -OCH3 is 1. The van der Waals surface area contributed by atoms with Crippen LogP contribution in [0.1, 0.15) is 80.6 Å². The van der Waals surface area contributed by atoms with Crippen molar-refractivity contribution in [2.75, 3.05) is 26.1 Å². The van der Waals surface area contributed by atoms with E-state index in [1.165, 1.54) is 0 Å². The van der Waals surface area contributed by atoms with Crippen LogP contribution in [0.3, 0.4) is 0 Å². The van der Waals surface area contributed by atoms with Crippen LogP contribution in [-0.4, -0.2) is 92.9 Å². The number of aliphatic hydroxyl groups is 1. The van der Waals surface area contributed by atoms with Crippen molar-refractivity contribution in [3.8, 4) is 0 Å². The largest absolute Gasteiger partial charge is 0.414 e. The Balaban J connectivity index is 1.97. The molecule has 0 aliphatic carbocycles. The highest BCUT2D eigenvalue weighted by atomic mass is 32.2. The Morgan fingerprint density at radius 1 is 0.980 bits per heavy atom. The molecule has 2 saturated heterocycles. The van der Waals surface area contributed by atoms with E-state index in [2.05, 4.69) is 81.2 Å². The molecule has 2 aliphatic rings. The SMILES string of the molecule is C=C1C(C)C[C@H](CCCO)OC1CC1OC(CC(CO[Si](C)(C)C(C)(C)C)O[Si](C)(C)C(C)(C)C)[C@H](OC)C1CS(=O)(=O)c1ccccc1. The Morgan fingerprint density at radius 3 is 2.14 bits per heavy atom. The van der Waals surface area contributed by atoms with Crippen molar-refractivity contribution in [3.63, 3.8) is 0 Å². The highest BCUT2D eigenvalue weighted by Gasteiger charge is 2.50. The normalized spacial score (nSPS) is 28.2. The standard InChI is InChI=1S/C38H68O8SSi2/c1-27-22-29(18-17-21-39)44-33(28(27)2)24-34-32(26-47(40,41)31-19-15-14-16-20-31)36(42-9)35(45-34)23-30(46-49(12,13)38(6,7)8)25-43-48(10,11)37(3,4)5/h14-16,19-20,27,29-30,32-36,39H,2,17-18,21-26H2,1,3-13H3/t27?,29-,30?,32?,33?,34?,35?,36+/m0/s1. The Bertz CT molecular complexity index is 1300. The lowest BCUT2D eigenvalue weighted by atomic mass is 9.83. The monoisotopic (exact) mass is 740 g/mol. The van der Waals surface area contributed by atoms with Crippen molar-refractivity contribution in [1.29, 1.82) is 0 Å². The first-order valence-corrected chi connectivity index (χ1v) is 25.7. The number of rotatable bonds is 16. The smallest absolute Gasteiger partial charge is 0.192 e. The van der Waals surface area contributed by atoms with Crippen molar-refractivity contribution in [3.05, 3.63) is 42.5 Å². The third kappa shape index (κ3) is 11.1. The van der Waals surface area contributed by atoms with Crippen molar-refractivity contribution in [1.82, 2.24) is 0 Å². The molecule has 49 heavy (non-hydrogen) atoms. The van der Waals surface area contributed by atoms with Crippen molar-refractivity contribution >= 4 is 26.5 Å². The second-order valence-electron chi connectivity index (χ2n) is 17.5. The average Bonchev–Trinajstić information content (AvgIpc) is 3.30. The molecular weight excluding hydrogens is 673 g/mol. The molecule has 1 aromatic carbocycles. The molecule has 0 radical (unpaired) electrons. The molecular formula is C38H68O8SSi2. The van der Waals surface area contributed by atoms with E-state index < -0.39 is 50.7 Å². The van der Waals surface area contributed by atoms with E-state index in [0.717, 1.165) is 18.4 Å². The van der Waals surface area contributed by atoms with Gasteiger partial charge in [-0.05, 0) is 79.2 Å². The van der Waals surface area contributed by atoms with Crippen LogP contribution in [0.2, 0.25) is 36.3 Å². The van der Waals surface area contributed by atoms with Crippen LogP contribution in [0, 0.1) is 11.8 Å². The predicted molar refractivity (Wildman–Crippen MR) is 204 cm³/mol. The molecule has 11 heteroatoms. The van der Waals surface area contributed by atoms with Gasteiger partial charge in [-0.2, -0.15) is 0 Å². The number of hydrogen-bond acceptors (Lipinski definition) is 8. The van der Waals surface area contributed by atoms with Crippen LogP contribution in [0.5, 0.6) is 0 Å². The summed E-state index contributed by atoms with van der Waals surface area (Å²) in [6, 6.07) is 8.64. The molecule has 0 bridgehead atoms. The van der Waals surface area contributed by atoms with E-state index in [1.807, 2.05) is 6.07 Å². The summed E-state index contributed by atoms with van der Waals surface area (Å²) in [6.07, 6.45) is 1.49. The maximum absolute atomic E-state index is 13.9. The molecule has 282 valence electrons. The summed E-state index contributed by atoms with van der Waals surface area (Å²) < 4.78 is 61.3. The molecule has 0 aromatic heterocycles. The number of sulfone groups is 1. The molecule has 0 saturated carbocycles. The Kier molecular flexibility index (Phi) is 14.6.